The first-order valence-corrected chi connectivity index (χ1v) is 5.24. The SMILES string of the molecule is CCOC(=O)c1c2cc(C)ccc2nn1C. The van der Waals surface area contributed by atoms with Crippen LogP contribution in [0.25, 0.3) is 10.9 Å². The molecule has 4 nitrogen and oxygen atoms in total. The van der Waals surface area contributed by atoms with Gasteiger partial charge in [0.25, 0.3) is 0 Å². The molecule has 1 aromatic heterocycles. The van der Waals surface area contributed by atoms with Crippen molar-refractivity contribution < 1.29 is 9.53 Å². The molecule has 0 fully saturated rings. The average Bonchev–Trinajstić information content (AvgIpc) is 2.53. The van der Waals surface area contributed by atoms with E-state index in [2.05, 4.69) is 5.10 Å². The highest BCUT2D eigenvalue weighted by molar-refractivity contribution is 6.02. The van der Waals surface area contributed by atoms with Crippen LogP contribution in [0.2, 0.25) is 0 Å². The second-order valence-corrected chi connectivity index (χ2v) is 3.71. The van der Waals surface area contributed by atoms with Crippen LogP contribution in [0.1, 0.15) is 23.0 Å². The molecule has 84 valence electrons. The van der Waals surface area contributed by atoms with Gasteiger partial charge < -0.3 is 4.74 Å². The molecule has 0 saturated carbocycles. The van der Waals surface area contributed by atoms with Crippen LogP contribution < -0.4 is 0 Å². The molecule has 0 aliphatic heterocycles. The molecule has 1 heterocycles. The van der Waals surface area contributed by atoms with Crippen LogP contribution in [0, 0.1) is 6.92 Å². The third-order valence-corrected chi connectivity index (χ3v) is 2.46. The summed E-state index contributed by atoms with van der Waals surface area (Å²) in [5, 5.41) is 5.12. The normalized spacial score (nSPS) is 10.7. The zero-order valence-corrected chi connectivity index (χ0v) is 9.65. The maximum atomic E-state index is 11.8. The summed E-state index contributed by atoms with van der Waals surface area (Å²) < 4.78 is 6.59. The van der Waals surface area contributed by atoms with Gasteiger partial charge in [0.15, 0.2) is 5.69 Å². The molecule has 0 spiro atoms. The number of carbonyl (C=O) groups is 1. The van der Waals surface area contributed by atoms with E-state index < -0.39 is 0 Å². The molecule has 0 atom stereocenters. The summed E-state index contributed by atoms with van der Waals surface area (Å²) in [7, 11) is 1.75. The van der Waals surface area contributed by atoms with Gasteiger partial charge in [-0.3, -0.25) is 4.68 Å². The number of esters is 1. The minimum atomic E-state index is -0.321. The zero-order valence-electron chi connectivity index (χ0n) is 9.65. The molecule has 0 radical (unpaired) electrons. The fourth-order valence-corrected chi connectivity index (χ4v) is 1.75. The second-order valence-electron chi connectivity index (χ2n) is 3.71. The number of hydrogen-bond donors (Lipinski definition) is 0. The van der Waals surface area contributed by atoms with E-state index in [0.717, 1.165) is 16.5 Å². The minimum Gasteiger partial charge on any atom is -0.461 e. The number of rotatable bonds is 2. The van der Waals surface area contributed by atoms with Gasteiger partial charge in [-0.05, 0) is 26.0 Å². The van der Waals surface area contributed by atoms with E-state index in [9.17, 15) is 4.79 Å². The van der Waals surface area contributed by atoms with Gasteiger partial charge in [-0.25, -0.2) is 4.79 Å². The Morgan fingerprint density at radius 2 is 2.25 bits per heavy atom. The lowest BCUT2D eigenvalue weighted by Gasteiger charge is -2.02. The first kappa shape index (κ1) is 10.7. The van der Waals surface area contributed by atoms with Gasteiger partial charge in [0, 0.05) is 12.4 Å². The summed E-state index contributed by atoms with van der Waals surface area (Å²) in [6.45, 7) is 4.15. The van der Waals surface area contributed by atoms with Crippen LogP contribution in [0.5, 0.6) is 0 Å². The molecule has 0 N–H and O–H groups in total. The number of fused-ring (bicyclic) bond motifs is 1. The molecule has 0 amide bonds. The summed E-state index contributed by atoms with van der Waals surface area (Å²) in [6, 6.07) is 5.84. The molecular formula is C12H14N2O2. The van der Waals surface area contributed by atoms with E-state index in [4.69, 9.17) is 4.74 Å². The summed E-state index contributed by atoms with van der Waals surface area (Å²) in [5.41, 5.74) is 2.43. The van der Waals surface area contributed by atoms with E-state index in [0.29, 0.717) is 12.3 Å². The molecule has 16 heavy (non-hydrogen) atoms. The Hall–Kier alpha value is -1.84. The van der Waals surface area contributed by atoms with E-state index >= 15 is 0 Å². The van der Waals surface area contributed by atoms with Crippen molar-refractivity contribution in [2.75, 3.05) is 6.61 Å². The Kier molecular flexibility index (Phi) is 2.64. The van der Waals surface area contributed by atoms with E-state index in [1.807, 2.05) is 25.1 Å². The van der Waals surface area contributed by atoms with E-state index in [1.54, 1.807) is 18.7 Å². The highest BCUT2D eigenvalue weighted by Crippen LogP contribution is 2.19. The molecule has 0 bridgehead atoms. The summed E-state index contributed by atoms with van der Waals surface area (Å²) in [4.78, 5) is 11.8. The third-order valence-electron chi connectivity index (χ3n) is 2.46. The number of ether oxygens (including phenoxy) is 1. The van der Waals surface area contributed by atoms with Crippen LogP contribution in [0.3, 0.4) is 0 Å². The molecule has 0 aliphatic rings. The second kappa shape index (κ2) is 3.96. The van der Waals surface area contributed by atoms with Crippen LogP contribution >= 0.6 is 0 Å². The topological polar surface area (TPSA) is 44.1 Å². The molecule has 2 aromatic rings. The lowest BCUT2D eigenvalue weighted by Crippen LogP contribution is -2.10. The fraction of sp³-hybridized carbons (Fsp3) is 0.333. The summed E-state index contributed by atoms with van der Waals surface area (Å²) in [5.74, 6) is -0.321. The van der Waals surface area contributed by atoms with E-state index in [1.165, 1.54) is 0 Å². The van der Waals surface area contributed by atoms with Crippen molar-refractivity contribution in [2.24, 2.45) is 7.05 Å². The van der Waals surface area contributed by atoms with Crippen molar-refractivity contribution in [3.05, 3.63) is 29.5 Å². The van der Waals surface area contributed by atoms with Crippen molar-refractivity contribution in [1.82, 2.24) is 9.78 Å². The van der Waals surface area contributed by atoms with Crippen LogP contribution in [0.4, 0.5) is 0 Å². The van der Waals surface area contributed by atoms with Crippen molar-refractivity contribution in [1.29, 1.82) is 0 Å². The van der Waals surface area contributed by atoms with Crippen molar-refractivity contribution in [3.8, 4) is 0 Å². The molecule has 1 aromatic carbocycles. The molecular weight excluding hydrogens is 204 g/mol. The Morgan fingerprint density at radius 3 is 2.94 bits per heavy atom. The number of benzene rings is 1. The number of carbonyl (C=O) groups excluding carboxylic acids is 1. The Morgan fingerprint density at radius 1 is 1.50 bits per heavy atom. The van der Waals surface area contributed by atoms with Gasteiger partial charge in [0.2, 0.25) is 0 Å². The monoisotopic (exact) mass is 218 g/mol. The molecule has 2 rings (SSSR count). The Bertz CT molecular complexity index is 543. The number of hydrogen-bond acceptors (Lipinski definition) is 3. The van der Waals surface area contributed by atoms with Crippen molar-refractivity contribution >= 4 is 16.9 Å². The van der Waals surface area contributed by atoms with Crippen molar-refractivity contribution in [2.45, 2.75) is 13.8 Å². The third kappa shape index (κ3) is 1.66. The zero-order chi connectivity index (χ0) is 11.7. The first-order chi connectivity index (χ1) is 7.63. The fourth-order valence-electron chi connectivity index (χ4n) is 1.75. The minimum absolute atomic E-state index is 0.321. The average molecular weight is 218 g/mol. The highest BCUT2D eigenvalue weighted by atomic mass is 16.5. The lowest BCUT2D eigenvalue weighted by atomic mass is 10.1. The maximum absolute atomic E-state index is 11.8. The summed E-state index contributed by atoms with van der Waals surface area (Å²) in [6.07, 6.45) is 0. The van der Waals surface area contributed by atoms with Crippen LogP contribution in [-0.2, 0) is 11.8 Å². The van der Waals surface area contributed by atoms with Gasteiger partial charge in [-0.15, -0.1) is 0 Å². The first-order valence-electron chi connectivity index (χ1n) is 5.24. The Balaban J connectivity index is 2.62. The predicted molar refractivity (Wildman–Crippen MR) is 61.4 cm³/mol. The van der Waals surface area contributed by atoms with Gasteiger partial charge in [-0.2, -0.15) is 5.10 Å². The van der Waals surface area contributed by atoms with Gasteiger partial charge >= 0.3 is 5.97 Å². The maximum Gasteiger partial charge on any atom is 0.357 e. The standard InChI is InChI=1S/C12H14N2O2/c1-4-16-12(15)11-9-7-8(2)5-6-10(9)13-14(11)3/h5-7H,4H2,1-3H3. The molecule has 0 unspecified atom stereocenters. The molecule has 4 heteroatoms. The molecule has 0 saturated heterocycles. The largest absolute Gasteiger partial charge is 0.461 e. The van der Waals surface area contributed by atoms with Crippen LogP contribution in [-0.4, -0.2) is 22.4 Å². The number of aromatic nitrogens is 2. The quantitative estimate of drug-likeness (QED) is 0.725. The number of aryl methyl sites for hydroxylation is 2. The number of nitrogens with zero attached hydrogens (tertiary/aromatic N) is 2. The van der Waals surface area contributed by atoms with Gasteiger partial charge in [0.05, 0.1) is 12.1 Å². The summed E-state index contributed by atoms with van der Waals surface area (Å²) >= 11 is 0. The Labute approximate surface area is 93.8 Å². The van der Waals surface area contributed by atoms with Crippen molar-refractivity contribution in [3.63, 3.8) is 0 Å². The van der Waals surface area contributed by atoms with Gasteiger partial charge in [-0.1, -0.05) is 11.6 Å². The predicted octanol–water partition coefficient (Wildman–Crippen LogP) is 2.06. The smallest absolute Gasteiger partial charge is 0.357 e. The highest BCUT2D eigenvalue weighted by Gasteiger charge is 2.17. The van der Waals surface area contributed by atoms with Crippen LogP contribution in [0.15, 0.2) is 18.2 Å². The van der Waals surface area contributed by atoms with Gasteiger partial charge in [0.1, 0.15) is 0 Å². The lowest BCUT2D eigenvalue weighted by molar-refractivity contribution is 0.0516. The molecule has 0 aliphatic carbocycles. The van der Waals surface area contributed by atoms with E-state index in [-0.39, 0.29) is 5.97 Å².